The van der Waals surface area contributed by atoms with Crippen molar-refractivity contribution >= 4 is 23.5 Å². The van der Waals surface area contributed by atoms with Crippen LogP contribution < -0.4 is 15.5 Å². The van der Waals surface area contributed by atoms with Crippen LogP contribution in [0.1, 0.15) is 5.56 Å². The number of methoxy groups -OCH3 is 2. The van der Waals surface area contributed by atoms with Gasteiger partial charge in [0.2, 0.25) is 0 Å². The van der Waals surface area contributed by atoms with Crippen molar-refractivity contribution in [2.24, 2.45) is 5.10 Å². The van der Waals surface area contributed by atoms with Crippen LogP contribution >= 0.6 is 12.2 Å². The molecule has 0 radical (unpaired) electrons. The highest BCUT2D eigenvalue weighted by molar-refractivity contribution is 7.80. The highest BCUT2D eigenvalue weighted by atomic mass is 32.1. The molecule has 0 aliphatic carbocycles. The van der Waals surface area contributed by atoms with E-state index in [0.717, 1.165) is 5.56 Å². The maximum Gasteiger partial charge on any atom is 0.187 e. The van der Waals surface area contributed by atoms with Gasteiger partial charge in [0.25, 0.3) is 0 Å². The maximum absolute atomic E-state index is 9.44. The maximum atomic E-state index is 9.44. The van der Waals surface area contributed by atoms with Crippen LogP contribution in [0.2, 0.25) is 0 Å². The topological polar surface area (TPSA) is 75.1 Å². The molecule has 0 aliphatic heterocycles. The van der Waals surface area contributed by atoms with Gasteiger partial charge in [0.15, 0.2) is 16.6 Å². The van der Waals surface area contributed by atoms with Crippen molar-refractivity contribution in [2.45, 2.75) is 0 Å². The van der Waals surface area contributed by atoms with Crippen LogP contribution in [0.25, 0.3) is 0 Å². The van der Waals surface area contributed by atoms with E-state index in [1.807, 2.05) is 0 Å². The van der Waals surface area contributed by atoms with Gasteiger partial charge in [-0.15, -0.1) is 0 Å². The Labute approximate surface area is 117 Å². The van der Waals surface area contributed by atoms with Crippen LogP contribution in [0.3, 0.4) is 0 Å². The molecular weight excluding hydrogens is 266 g/mol. The Bertz CT molecular complexity index is 452. The third-order valence-electron chi connectivity index (χ3n) is 2.18. The second-order valence-corrected chi connectivity index (χ2v) is 3.96. The summed E-state index contributed by atoms with van der Waals surface area (Å²) in [6.07, 6.45) is 1.58. The SMILES string of the molecule is COCCNC(=S)N/N=C/c1ccc(O)c(OC)c1. The molecule has 6 nitrogen and oxygen atoms in total. The van der Waals surface area contributed by atoms with E-state index in [0.29, 0.717) is 24.0 Å². The lowest BCUT2D eigenvalue weighted by atomic mass is 10.2. The molecule has 0 heterocycles. The molecule has 7 heteroatoms. The van der Waals surface area contributed by atoms with Gasteiger partial charge in [0.05, 0.1) is 19.9 Å². The lowest BCUT2D eigenvalue weighted by Gasteiger charge is -2.06. The van der Waals surface area contributed by atoms with Crippen molar-refractivity contribution in [1.29, 1.82) is 0 Å². The minimum Gasteiger partial charge on any atom is -0.504 e. The van der Waals surface area contributed by atoms with Gasteiger partial charge in [-0.25, -0.2) is 0 Å². The Morgan fingerprint density at radius 3 is 2.95 bits per heavy atom. The van der Waals surface area contributed by atoms with Crippen LogP contribution in [0.15, 0.2) is 23.3 Å². The van der Waals surface area contributed by atoms with Crippen LogP contribution in [0.4, 0.5) is 0 Å². The Kier molecular flexibility index (Phi) is 6.62. The first kappa shape index (κ1) is 15.2. The molecule has 1 aromatic carbocycles. The minimum atomic E-state index is 0.0874. The van der Waals surface area contributed by atoms with Gasteiger partial charge in [-0.05, 0) is 36.0 Å². The fourth-order valence-electron chi connectivity index (χ4n) is 1.25. The second kappa shape index (κ2) is 8.28. The van der Waals surface area contributed by atoms with E-state index < -0.39 is 0 Å². The lowest BCUT2D eigenvalue weighted by Crippen LogP contribution is -2.34. The molecule has 3 N–H and O–H groups in total. The molecule has 0 spiro atoms. The number of hydrazone groups is 1. The lowest BCUT2D eigenvalue weighted by molar-refractivity contribution is 0.204. The van der Waals surface area contributed by atoms with Gasteiger partial charge >= 0.3 is 0 Å². The summed E-state index contributed by atoms with van der Waals surface area (Å²) in [6.45, 7) is 1.19. The van der Waals surface area contributed by atoms with E-state index in [9.17, 15) is 5.11 Å². The van der Waals surface area contributed by atoms with Crippen molar-refractivity contribution in [2.75, 3.05) is 27.4 Å². The zero-order chi connectivity index (χ0) is 14.1. The van der Waals surface area contributed by atoms with Crippen LogP contribution in [0, 0.1) is 0 Å². The predicted molar refractivity (Wildman–Crippen MR) is 77.9 cm³/mol. The van der Waals surface area contributed by atoms with E-state index in [2.05, 4.69) is 15.8 Å². The number of phenols is 1. The van der Waals surface area contributed by atoms with Crippen molar-refractivity contribution in [1.82, 2.24) is 10.7 Å². The third-order valence-corrected chi connectivity index (χ3v) is 2.41. The number of ether oxygens (including phenoxy) is 2. The van der Waals surface area contributed by atoms with E-state index in [1.54, 1.807) is 25.5 Å². The monoisotopic (exact) mass is 283 g/mol. The average molecular weight is 283 g/mol. The first-order valence-corrected chi connectivity index (χ1v) is 6.01. The molecule has 1 rings (SSSR count). The second-order valence-electron chi connectivity index (χ2n) is 3.55. The number of nitrogens with zero attached hydrogens (tertiary/aromatic N) is 1. The molecule has 0 fully saturated rings. The van der Waals surface area contributed by atoms with Gasteiger partial charge in [-0.1, -0.05) is 0 Å². The summed E-state index contributed by atoms with van der Waals surface area (Å²) in [5.74, 6) is 0.481. The first-order valence-electron chi connectivity index (χ1n) is 5.60. The summed E-state index contributed by atoms with van der Waals surface area (Å²) in [7, 11) is 3.11. The zero-order valence-corrected chi connectivity index (χ0v) is 11.7. The fourth-order valence-corrected chi connectivity index (χ4v) is 1.40. The minimum absolute atomic E-state index is 0.0874. The molecule has 0 saturated heterocycles. The summed E-state index contributed by atoms with van der Waals surface area (Å²) in [5, 5.41) is 16.7. The first-order chi connectivity index (χ1) is 9.17. The number of nitrogens with one attached hydrogen (secondary N) is 2. The van der Waals surface area contributed by atoms with Gasteiger partial charge in [-0.2, -0.15) is 5.10 Å². The molecule has 19 heavy (non-hydrogen) atoms. The molecule has 0 amide bonds. The molecule has 0 atom stereocenters. The Morgan fingerprint density at radius 2 is 2.26 bits per heavy atom. The molecular formula is C12H17N3O3S. The van der Waals surface area contributed by atoms with E-state index in [-0.39, 0.29) is 5.75 Å². The van der Waals surface area contributed by atoms with Crippen LogP contribution in [-0.4, -0.2) is 43.8 Å². The van der Waals surface area contributed by atoms with Crippen molar-refractivity contribution < 1.29 is 14.6 Å². The van der Waals surface area contributed by atoms with Gasteiger partial charge in [0.1, 0.15) is 0 Å². The molecule has 104 valence electrons. The van der Waals surface area contributed by atoms with E-state index >= 15 is 0 Å². The Hall–Kier alpha value is -1.86. The summed E-state index contributed by atoms with van der Waals surface area (Å²) < 4.78 is 9.87. The van der Waals surface area contributed by atoms with Crippen LogP contribution in [-0.2, 0) is 4.74 Å². The number of benzene rings is 1. The number of aromatic hydroxyl groups is 1. The van der Waals surface area contributed by atoms with Crippen molar-refractivity contribution in [3.63, 3.8) is 0 Å². The molecule has 0 aliphatic rings. The highest BCUT2D eigenvalue weighted by Gasteiger charge is 2.00. The molecule has 0 bridgehead atoms. The molecule has 1 aromatic rings. The highest BCUT2D eigenvalue weighted by Crippen LogP contribution is 2.25. The summed E-state index contributed by atoms with van der Waals surface area (Å²) in [5.41, 5.74) is 3.45. The van der Waals surface area contributed by atoms with Gasteiger partial charge in [0, 0.05) is 13.7 Å². The van der Waals surface area contributed by atoms with Gasteiger partial charge < -0.3 is 19.9 Å². The van der Waals surface area contributed by atoms with Gasteiger partial charge in [-0.3, -0.25) is 5.43 Å². The van der Waals surface area contributed by atoms with Crippen molar-refractivity contribution in [3.8, 4) is 11.5 Å². The zero-order valence-electron chi connectivity index (χ0n) is 10.8. The fraction of sp³-hybridized carbons (Fsp3) is 0.333. The molecule has 0 saturated carbocycles. The van der Waals surface area contributed by atoms with Crippen LogP contribution in [0.5, 0.6) is 11.5 Å². The quantitative estimate of drug-likeness (QED) is 0.311. The average Bonchev–Trinajstić information content (AvgIpc) is 2.41. The normalized spacial score (nSPS) is 10.4. The summed E-state index contributed by atoms with van der Waals surface area (Å²) in [6, 6.07) is 4.92. The van der Waals surface area contributed by atoms with Crippen molar-refractivity contribution in [3.05, 3.63) is 23.8 Å². The smallest absolute Gasteiger partial charge is 0.187 e. The Morgan fingerprint density at radius 1 is 1.47 bits per heavy atom. The number of hydrogen-bond donors (Lipinski definition) is 3. The Balaban J connectivity index is 2.46. The largest absolute Gasteiger partial charge is 0.504 e. The van der Waals surface area contributed by atoms with E-state index in [4.69, 9.17) is 21.7 Å². The molecule has 0 unspecified atom stereocenters. The summed E-state index contributed by atoms with van der Waals surface area (Å²) >= 11 is 5.00. The third kappa shape index (κ3) is 5.54. The molecule has 0 aromatic heterocycles. The number of phenolic OH excluding ortho intramolecular Hbond substituents is 1. The summed E-state index contributed by atoms with van der Waals surface area (Å²) in [4.78, 5) is 0. The van der Waals surface area contributed by atoms with E-state index in [1.165, 1.54) is 13.2 Å². The number of rotatable bonds is 6. The number of hydrogen-bond acceptors (Lipinski definition) is 5. The number of thiocarbonyl (C=S) groups is 1. The predicted octanol–water partition coefficient (Wildman–Crippen LogP) is 0.845. The standard InChI is InChI=1S/C12H17N3O3S/c1-17-6-5-13-12(19)15-14-8-9-3-4-10(16)11(7-9)18-2/h3-4,7-8,16H,5-6H2,1-2H3,(H2,13,15,19)/b14-8+.